The van der Waals surface area contributed by atoms with Crippen LogP contribution in [0.5, 0.6) is 0 Å². The summed E-state index contributed by atoms with van der Waals surface area (Å²) in [6.45, 7) is 6.30. The minimum Gasteiger partial charge on any atom is -0.369 e. The number of likely N-dealkylation sites (N-methyl/N-ethyl adjacent to an activating group) is 1. The zero-order valence-corrected chi connectivity index (χ0v) is 21.0. The maximum atomic E-state index is 14.7. The molecule has 8 nitrogen and oxygen atoms in total. The Hall–Kier alpha value is -3.37. The fourth-order valence-electron chi connectivity index (χ4n) is 4.02. The fraction of sp³-hybridized carbons (Fsp3) is 0.320. The first-order valence-corrected chi connectivity index (χ1v) is 13.5. The molecule has 5 rings (SSSR count). The third-order valence-corrected chi connectivity index (χ3v) is 7.61. The van der Waals surface area contributed by atoms with Crippen molar-refractivity contribution < 1.29 is 4.39 Å². The molecule has 1 unspecified atom stereocenters. The predicted molar refractivity (Wildman–Crippen MR) is 144 cm³/mol. The molecule has 0 bridgehead atoms. The molecular weight excluding hydrogens is 463 g/mol. The number of nitrogens with one attached hydrogen (secondary N) is 2. The third kappa shape index (κ3) is 5.18. The summed E-state index contributed by atoms with van der Waals surface area (Å²) in [5, 5.41) is 3.60. The molecule has 10 heteroatoms. The number of pyridine rings is 1. The summed E-state index contributed by atoms with van der Waals surface area (Å²) in [6.07, 6.45) is 5.05. The van der Waals surface area contributed by atoms with Gasteiger partial charge >= 0.3 is 0 Å². The maximum absolute atomic E-state index is 14.7. The van der Waals surface area contributed by atoms with E-state index in [1.165, 1.54) is 18.1 Å². The fourth-order valence-corrected chi connectivity index (χ4v) is 4.63. The molecule has 3 aromatic heterocycles. The maximum Gasteiger partial charge on any atom is 0.229 e. The number of hydrogen-bond donors (Lipinski definition) is 2. The molecular formula is C25H30FN8S+. The summed E-state index contributed by atoms with van der Waals surface area (Å²) >= 11 is 0.0173. The Morgan fingerprint density at radius 2 is 1.80 bits per heavy atom. The number of anilines is 4. The van der Waals surface area contributed by atoms with Crippen molar-refractivity contribution in [3.63, 3.8) is 0 Å². The second-order valence-corrected chi connectivity index (χ2v) is 10.7. The van der Waals surface area contributed by atoms with Crippen LogP contribution in [0.3, 0.4) is 0 Å². The molecule has 4 heterocycles. The highest BCUT2D eigenvalue weighted by molar-refractivity contribution is 7.97. The van der Waals surface area contributed by atoms with Crippen molar-refractivity contribution in [2.24, 2.45) is 0 Å². The quantitative estimate of drug-likeness (QED) is 0.376. The Morgan fingerprint density at radius 1 is 1.03 bits per heavy atom. The zero-order valence-electron chi connectivity index (χ0n) is 20.2. The Balaban J connectivity index is 1.38. The number of nitrogens with zero attached hydrogens (tertiary/aromatic N) is 6. The number of rotatable bonds is 7. The number of piperazine rings is 1. The molecule has 4 aromatic rings. The molecule has 35 heavy (non-hydrogen) atoms. The number of fused-ring (bicyclic) bond motifs is 1. The van der Waals surface area contributed by atoms with Crippen LogP contribution in [0.25, 0.3) is 16.9 Å². The van der Waals surface area contributed by atoms with Gasteiger partial charge in [0.2, 0.25) is 5.95 Å². The van der Waals surface area contributed by atoms with E-state index >= 15 is 0 Å². The second kappa shape index (κ2) is 10.1. The van der Waals surface area contributed by atoms with Gasteiger partial charge < -0.3 is 15.1 Å². The summed E-state index contributed by atoms with van der Waals surface area (Å²) in [4.78, 5) is 18.4. The van der Waals surface area contributed by atoms with E-state index in [1.807, 2.05) is 30.3 Å². The average Bonchev–Trinajstić information content (AvgIpc) is 3.21. The van der Waals surface area contributed by atoms with Gasteiger partial charge in [0.1, 0.15) is 17.8 Å². The van der Waals surface area contributed by atoms with Gasteiger partial charge in [0.15, 0.2) is 17.3 Å². The van der Waals surface area contributed by atoms with Gasteiger partial charge in [-0.2, -0.15) is 9.71 Å². The topological polar surface area (TPSA) is 74.1 Å². The van der Waals surface area contributed by atoms with Gasteiger partial charge in [0.05, 0.1) is 16.5 Å². The minimum absolute atomic E-state index is 0.0173. The first-order valence-electron chi connectivity index (χ1n) is 11.7. The first kappa shape index (κ1) is 23.4. The standard InChI is InChI=1S/C25H30FN8S/c1-4-35(3)31-22-6-5-7-23(29-22)34-17-21(26)20-16-27-25(30-24(20)34)28-18-8-10-19(11-9-18)33-14-12-32(2)13-15-33/h5-11,16-17H,4,12-15H2,1-3H3,(H,29,31)(H,27,28,30)/q+1. The largest absolute Gasteiger partial charge is 0.369 e. The van der Waals surface area contributed by atoms with Crippen LogP contribution in [0.15, 0.2) is 54.9 Å². The van der Waals surface area contributed by atoms with Crippen molar-refractivity contribution in [2.75, 3.05) is 60.2 Å². The Kier molecular flexibility index (Phi) is 6.74. The third-order valence-electron chi connectivity index (χ3n) is 6.18. The van der Waals surface area contributed by atoms with Gasteiger partial charge in [-0.25, -0.2) is 14.4 Å². The lowest BCUT2D eigenvalue weighted by Crippen LogP contribution is -2.44. The smallest absolute Gasteiger partial charge is 0.229 e. The molecule has 1 atom stereocenters. The summed E-state index contributed by atoms with van der Waals surface area (Å²) in [5.41, 5.74) is 2.54. The zero-order chi connectivity index (χ0) is 24.4. The van der Waals surface area contributed by atoms with Gasteiger partial charge in [-0.3, -0.25) is 4.57 Å². The molecule has 0 saturated carbocycles. The van der Waals surface area contributed by atoms with E-state index in [4.69, 9.17) is 0 Å². The number of benzene rings is 1. The number of halogens is 1. The number of hydrogen-bond acceptors (Lipinski definition) is 7. The normalized spacial score (nSPS) is 15.4. The van der Waals surface area contributed by atoms with Crippen molar-refractivity contribution in [3.8, 4) is 5.82 Å². The highest BCUT2D eigenvalue weighted by atomic mass is 32.2. The van der Waals surface area contributed by atoms with Gasteiger partial charge in [0.25, 0.3) is 0 Å². The summed E-state index contributed by atoms with van der Waals surface area (Å²) in [7, 11) is 2.15. The summed E-state index contributed by atoms with van der Waals surface area (Å²) in [5.74, 6) is 2.38. The second-order valence-electron chi connectivity index (χ2n) is 8.65. The van der Waals surface area contributed by atoms with E-state index < -0.39 is 0 Å². The van der Waals surface area contributed by atoms with Crippen molar-refractivity contribution in [1.82, 2.24) is 24.4 Å². The monoisotopic (exact) mass is 493 g/mol. The van der Waals surface area contributed by atoms with E-state index in [1.54, 1.807) is 4.57 Å². The SMILES string of the molecule is CC[S+](C)Nc1cccc(-n2cc(F)c3cnc(Nc4ccc(N5CCN(C)CC5)cc4)nc32)n1. The molecule has 0 aliphatic carbocycles. The van der Waals surface area contributed by atoms with Crippen LogP contribution < -0.4 is 14.9 Å². The van der Waals surface area contributed by atoms with E-state index in [9.17, 15) is 4.39 Å². The van der Waals surface area contributed by atoms with E-state index in [2.05, 4.69) is 67.2 Å². The molecule has 1 fully saturated rings. The highest BCUT2D eigenvalue weighted by Gasteiger charge is 2.17. The van der Waals surface area contributed by atoms with Crippen molar-refractivity contribution >= 4 is 45.3 Å². The predicted octanol–water partition coefficient (Wildman–Crippen LogP) is 4.04. The van der Waals surface area contributed by atoms with Crippen LogP contribution in [0.4, 0.5) is 27.5 Å². The van der Waals surface area contributed by atoms with Crippen molar-refractivity contribution in [2.45, 2.75) is 6.92 Å². The lowest BCUT2D eigenvalue weighted by Gasteiger charge is -2.34. The Morgan fingerprint density at radius 3 is 2.54 bits per heavy atom. The van der Waals surface area contributed by atoms with E-state index in [0.29, 0.717) is 22.8 Å². The molecule has 0 radical (unpaired) electrons. The molecule has 0 spiro atoms. The van der Waals surface area contributed by atoms with Crippen LogP contribution >= 0.6 is 0 Å². The van der Waals surface area contributed by atoms with Crippen LogP contribution in [0.2, 0.25) is 0 Å². The molecule has 1 saturated heterocycles. The molecule has 182 valence electrons. The lowest BCUT2D eigenvalue weighted by atomic mass is 10.2. The van der Waals surface area contributed by atoms with Gasteiger partial charge in [-0.15, -0.1) is 0 Å². The van der Waals surface area contributed by atoms with Gasteiger partial charge in [-0.05, 0) is 50.4 Å². The van der Waals surface area contributed by atoms with Crippen molar-refractivity contribution in [1.29, 1.82) is 0 Å². The molecule has 1 aliphatic heterocycles. The lowest BCUT2D eigenvalue weighted by molar-refractivity contribution is 0.313. The summed E-state index contributed by atoms with van der Waals surface area (Å²) < 4.78 is 19.7. The average molecular weight is 494 g/mol. The molecule has 0 amide bonds. The van der Waals surface area contributed by atoms with Crippen LogP contribution in [-0.4, -0.2) is 69.7 Å². The summed E-state index contributed by atoms with van der Waals surface area (Å²) in [6, 6.07) is 13.9. The van der Waals surface area contributed by atoms with E-state index in [0.717, 1.165) is 43.4 Å². The first-order chi connectivity index (χ1) is 17.0. The minimum atomic E-state index is -0.382. The van der Waals surface area contributed by atoms with Gasteiger partial charge in [0, 0.05) is 49.9 Å². The van der Waals surface area contributed by atoms with Crippen molar-refractivity contribution in [3.05, 3.63) is 60.7 Å². The number of aromatic nitrogens is 4. The molecule has 2 N–H and O–H groups in total. The van der Waals surface area contributed by atoms with Gasteiger partial charge in [-0.1, -0.05) is 6.07 Å². The van der Waals surface area contributed by atoms with E-state index in [-0.39, 0.29) is 16.9 Å². The molecule has 1 aliphatic rings. The highest BCUT2D eigenvalue weighted by Crippen LogP contribution is 2.25. The Labute approximate surface area is 207 Å². The Bertz CT molecular complexity index is 1300. The molecule has 1 aromatic carbocycles. The van der Waals surface area contributed by atoms with Crippen LogP contribution in [-0.2, 0) is 11.1 Å². The van der Waals surface area contributed by atoms with Crippen LogP contribution in [0.1, 0.15) is 6.92 Å². The van der Waals surface area contributed by atoms with Crippen LogP contribution in [0, 0.1) is 5.82 Å².